The first-order chi connectivity index (χ1) is 17.3. The van der Waals surface area contributed by atoms with Crippen molar-refractivity contribution >= 4 is 22.8 Å². The summed E-state index contributed by atoms with van der Waals surface area (Å²) < 4.78 is 11.0. The number of furan rings is 1. The molecule has 1 aromatic heterocycles. The number of benzene rings is 2. The van der Waals surface area contributed by atoms with Crippen LogP contribution in [-0.2, 0) is 15.1 Å². The minimum Gasteiger partial charge on any atom is -0.451 e. The van der Waals surface area contributed by atoms with Crippen molar-refractivity contribution in [3.05, 3.63) is 72.5 Å². The number of fused-ring (bicyclic) bond motifs is 1. The molecule has 3 fully saturated rings. The highest BCUT2D eigenvalue weighted by Crippen LogP contribution is 2.46. The number of nitriles is 1. The van der Waals surface area contributed by atoms with Gasteiger partial charge in [-0.05, 0) is 48.1 Å². The molecule has 2 saturated carbocycles. The Hall–Kier alpha value is -3.93. The summed E-state index contributed by atoms with van der Waals surface area (Å²) in [6.07, 6.45) is 3.31. The van der Waals surface area contributed by atoms with Crippen molar-refractivity contribution in [2.24, 2.45) is 5.92 Å². The van der Waals surface area contributed by atoms with Gasteiger partial charge in [0.25, 0.3) is 5.91 Å². The van der Waals surface area contributed by atoms with E-state index < -0.39 is 22.6 Å². The summed E-state index contributed by atoms with van der Waals surface area (Å²) in [5, 5.41) is 26.2. The first kappa shape index (κ1) is 22.5. The molecule has 182 valence electrons. The SMILES string of the molecule is C=CC1CC1(NC(=O)c1cc2ccc(-c3ccc(C4(O)COC4)cc3)cc2o1)C(=O)NC1(C#N)CC1. The summed E-state index contributed by atoms with van der Waals surface area (Å²) in [4.78, 5) is 26.1. The van der Waals surface area contributed by atoms with Crippen molar-refractivity contribution in [1.29, 1.82) is 5.26 Å². The largest absolute Gasteiger partial charge is 0.451 e. The van der Waals surface area contributed by atoms with E-state index in [2.05, 4.69) is 23.3 Å². The number of hydrogen-bond acceptors (Lipinski definition) is 6. The summed E-state index contributed by atoms with van der Waals surface area (Å²) in [6.45, 7) is 4.37. The van der Waals surface area contributed by atoms with E-state index in [1.807, 2.05) is 42.5 Å². The molecule has 2 heterocycles. The summed E-state index contributed by atoms with van der Waals surface area (Å²) >= 11 is 0. The Morgan fingerprint density at radius 1 is 1.08 bits per heavy atom. The van der Waals surface area contributed by atoms with Crippen LogP contribution in [0.2, 0.25) is 0 Å². The summed E-state index contributed by atoms with van der Waals surface area (Å²) in [5.41, 5.74) is 0.356. The van der Waals surface area contributed by atoms with E-state index in [9.17, 15) is 20.0 Å². The Bertz CT molecular complexity index is 1440. The fraction of sp³-hybridized carbons (Fsp3) is 0.321. The molecule has 6 rings (SSSR count). The average molecular weight is 484 g/mol. The third kappa shape index (κ3) is 3.60. The molecule has 2 unspecified atom stereocenters. The van der Waals surface area contributed by atoms with Gasteiger partial charge in [0.2, 0.25) is 5.91 Å². The zero-order chi connectivity index (χ0) is 25.1. The van der Waals surface area contributed by atoms with Crippen LogP contribution in [0.4, 0.5) is 0 Å². The predicted octanol–water partition coefficient (Wildman–Crippen LogP) is 3.16. The molecule has 2 atom stereocenters. The average Bonchev–Trinajstić information content (AvgIpc) is 3.76. The zero-order valence-corrected chi connectivity index (χ0v) is 19.5. The van der Waals surface area contributed by atoms with E-state index in [-0.39, 0.29) is 17.6 Å². The summed E-state index contributed by atoms with van der Waals surface area (Å²) in [7, 11) is 0. The van der Waals surface area contributed by atoms with Gasteiger partial charge in [0, 0.05) is 11.3 Å². The highest BCUT2D eigenvalue weighted by atomic mass is 16.5. The van der Waals surface area contributed by atoms with E-state index in [0.717, 1.165) is 22.1 Å². The molecule has 1 aliphatic heterocycles. The van der Waals surface area contributed by atoms with E-state index in [0.29, 0.717) is 38.1 Å². The Balaban J connectivity index is 1.21. The van der Waals surface area contributed by atoms with Gasteiger partial charge in [0.1, 0.15) is 22.3 Å². The minimum absolute atomic E-state index is 0.105. The maximum absolute atomic E-state index is 13.1. The molecule has 8 nitrogen and oxygen atoms in total. The smallest absolute Gasteiger partial charge is 0.287 e. The van der Waals surface area contributed by atoms with Crippen molar-refractivity contribution in [1.82, 2.24) is 10.6 Å². The third-order valence-electron chi connectivity index (χ3n) is 7.54. The quantitative estimate of drug-likeness (QED) is 0.444. The highest BCUT2D eigenvalue weighted by Gasteiger charge is 2.62. The number of aliphatic hydroxyl groups is 1. The van der Waals surface area contributed by atoms with Crippen molar-refractivity contribution in [3.63, 3.8) is 0 Å². The number of carbonyl (C=O) groups excluding carboxylic acids is 2. The van der Waals surface area contributed by atoms with Crippen molar-refractivity contribution in [3.8, 4) is 17.2 Å². The number of amides is 2. The van der Waals surface area contributed by atoms with Crippen LogP contribution in [-0.4, -0.2) is 41.2 Å². The fourth-order valence-electron chi connectivity index (χ4n) is 4.77. The maximum Gasteiger partial charge on any atom is 0.287 e. The maximum atomic E-state index is 13.1. The predicted molar refractivity (Wildman–Crippen MR) is 131 cm³/mol. The Labute approximate surface area is 207 Å². The highest BCUT2D eigenvalue weighted by molar-refractivity contribution is 6.02. The van der Waals surface area contributed by atoms with Crippen LogP contribution in [0.25, 0.3) is 22.1 Å². The lowest BCUT2D eigenvalue weighted by molar-refractivity contribution is -0.184. The molecule has 2 aromatic carbocycles. The topological polar surface area (TPSA) is 125 Å². The van der Waals surface area contributed by atoms with E-state index >= 15 is 0 Å². The number of nitrogens with zero attached hydrogens (tertiary/aromatic N) is 1. The summed E-state index contributed by atoms with van der Waals surface area (Å²) in [6, 6.07) is 17.1. The first-order valence-corrected chi connectivity index (χ1v) is 11.9. The van der Waals surface area contributed by atoms with Crippen molar-refractivity contribution < 1.29 is 23.8 Å². The number of nitrogens with one attached hydrogen (secondary N) is 2. The number of ether oxygens (including phenoxy) is 1. The second-order valence-corrected chi connectivity index (χ2v) is 10.1. The van der Waals surface area contributed by atoms with Gasteiger partial charge in [-0.25, -0.2) is 0 Å². The molecule has 36 heavy (non-hydrogen) atoms. The lowest BCUT2D eigenvalue weighted by atomic mass is 9.90. The van der Waals surface area contributed by atoms with Gasteiger partial charge in [0.05, 0.1) is 19.3 Å². The van der Waals surface area contributed by atoms with E-state index in [1.54, 1.807) is 12.1 Å². The van der Waals surface area contributed by atoms with Crippen molar-refractivity contribution in [2.45, 2.75) is 35.9 Å². The van der Waals surface area contributed by atoms with Gasteiger partial charge >= 0.3 is 0 Å². The fourth-order valence-corrected chi connectivity index (χ4v) is 4.77. The lowest BCUT2D eigenvalue weighted by Crippen LogP contribution is -2.53. The minimum atomic E-state index is -1.12. The zero-order valence-electron chi connectivity index (χ0n) is 19.5. The molecule has 1 saturated heterocycles. The van der Waals surface area contributed by atoms with Crippen LogP contribution >= 0.6 is 0 Å². The van der Waals surface area contributed by atoms with E-state index in [1.165, 1.54) is 0 Å². The molecule has 0 spiro atoms. The molecule has 2 aliphatic carbocycles. The standard InChI is InChI=1S/C28H25N3O5/c1-2-20-13-28(20,25(33)31-26(14-29)9-10-26)30-24(32)23-12-19-4-3-18(11-22(19)36-23)17-5-7-21(8-6-17)27(34)15-35-16-27/h2-8,11-12,20,34H,1,9-10,13,15-16H2,(H,30,32)(H,31,33). The first-order valence-electron chi connectivity index (χ1n) is 11.9. The molecular formula is C28H25N3O5. The monoisotopic (exact) mass is 483 g/mol. The van der Waals surface area contributed by atoms with Crippen LogP contribution in [0.5, 0.6) is 0 Å². The van der Waals surface area contributed by atoms with Gasteiger partial charge in [-0.15, -0.1) is 6.58 Å². The molecule has 0 radical (unpaired) electrons. The number of hydrogen-bond donors (Lipinski definition) is 3. The lowest BCUT2D eigenvalue weighted by Gasteiger charge is -2.36. The molecule has 3 N–H and O–H groups in total. The molecule has 2 amide bonds. The van der Waals surface area contributed by atoms with Gasteiger partial charge < -0.3 is 24.9 Å². The van der Waals surface area contributed by atoms with Crippen molar-refractivity contribution in [2.75, 3.05) is 13.2 Å². The second-order valence-electron chi connectivity index (χ2n) is 10.1. The number of carbonyl (C=O) groups is 2. The van der Waals surface area contributed by atoms with Crippen LogP contribution in [0.15, 0.2) is 65.6 Å². The Kier molecular flexibility index (Phi) is 4.87. The third-order valence-corrected chi connectivity index (χ3v) is 7.54. The molecule has 3 aromatic rings. The van der Waals surface area contributed by atoms with Gasteiger partial charge in [-0.1, -0.05) is 42.5 Å². The summed E-state index contributed by atoms with van der Waals surface area (Å²) in [5.74, 6) is -0.957. The Morgan fingerprint density at radius 2 is 1.81 bits per heavy atom. The van der Waals surface area contributed by atoms with Gasteiger partial charge in [0.15, 0.2) is 5.76 Å². The van der Waals surface area contributed by atoms with Crippen LogP contribution in [0.3, 0.4) is 0 Å². The molecular weight excluding hydrogens is 458 g/mol. The van der Waals surface area contributed by atoms with Crippen LogP contribution in [0.1, 0.15) is 35.4 Å². The van der Waals surface area contributed by atoms with Crippen LogP contribution < -0.4 is 10.6 Å². The van der Waals surface area contributed by atoms with Crippen LogP contribution in [0, 0.1) is 17.2 Å². The number of rotatable bonds is 7. The van der Waals surface area contributed by atoms with E-state index in [4.69, 9.17) is 9.15 Å². The molecule has 8 heteroatoms. The Morgan fingerprint density at radius 3 is 2.39 bits per heavy atom. The van der Waals surface area contributed by atoms with Gasteiger partial charge in [-0.3, -0.25) is 9.59 Å². The molecule has 0 bridgehead atoms. The van der Waals surface area contributed by atoms with Gasteiger partial charge in [-0.2, -0.15) is 5.26 Å². The second kappa shape index (κ2) is 7.79. The normalized spacial score (nSPS) is 24.7. The molecule has 3 aliphatic rings.